The van der Waals surface area contributed by atoms with Gasteiger partial charge >= 0.3 is 24.3 Å². The summed E-state index contributed by atoms with van der Waals surface area (Å²) < 4.78 is 126. The Hall–Kier alpha value is -7.62. The molecule has 0 saturated carbocycles. The average Bonchev–Trinajstić information content (AvgIpc) is 3.36. The van der Waals surface area contributed by atoms with Crippen molar-refractivity contribution in [2.75, 3.05) is 44.2 Å². The fourth-order valence-corrected chi connectivity index (χ4v) is 9.18. The molecular weight excluding hydrogens is 1030 g/mol. The molecule has 4 unspecified atom stereocenters. The molecule has 4 aromatic carbocycles. The van der Waals surface area contributed by atoms with Crippen LogP contribution < -0.4 is 28.7 Å². The zero-order chi connectivity index (χ0) is 53.7. The van der Waals surface area contributed by atoms with Crippen LogP contribution in [0.1, 0.15) is 68.7 Å². The standard InChI is InChI=1S/C51H40Cl2F6N4O11/c1-26(48(68,50(54,55)56)30-8-14-40-38(18-30)62(3)44(64)24-70-40)34-12-10-32(20-36(34)52)72-43-17-7-29(23-61-43)47(67)74-49(51(57,58)59,31-9-15-41-39(19-31)63(4)45(65)25-71-41)27(2)35-13-11-33(21-37(35)53)73-42-16-6-28(22-60-42)46(66)69-5/h6-23,26-27,68H,24-25H2,1-5H3. The average molecular weight is 1070 g/mol. The molecule has 15 nitrogen and oxygen atoms in total. The number of ether oxygens (including phenoxy) is 6. The number of amides is 2. The molecule has 4 atom stereocenters. The number of aliphatic hydroxyl groups is 1. The molecule has 2 aromatic heterocycles. The van der Waals surface area contributed by atoms with E-state index in [9.17, 15) is 37.5 Å². The van der Waals surface area contributed by atoms with Crippen molar-refractivity contribution in [3.63, 3.8) is 0 Å². The summed E-state index contributed by atoms with van der Waals surface area (Å²) in [5, 5.41) is 11.0. The minimum absolute atomic E-state index is 0.00604. The van der Waals surface area contributed by atoms with Gasteiger partial charge in [-0.05, 0) is 77.4 Å². The third-order valence-corrected chi connectivity index (χ3v) is 13.4. The fourth-order valence-electron chi connectivity index (χ4n) is 8.51. The number of aromatic nitrogens is 2. The van der Waals surface area contributed by atoms with E-state index in [2.05, 4.69) is 14.7 Å². The normalized spacial score (nSPS) is 16.0. The third kappa shape index (κ3) is 9.69. The van der Waals surface area contributed by atoms with Crippen LogP contribution in [0.4, 0.5) is 37.7 Å². The van der Waals surface area contributed by atoms with Gasteiger partial charge in [0.2, 0.25) is 17.4 Å². The summed E-state index contributed by atoms with van der Waals surface area (Å²) in [6.07, 6.45) is -8.59. The Labute approximate surface area is 427 Å². The van der Waals surface area contributed by atoms with Crippen molar-refractivity contribution in [1.82, 2.24) is 9.97 Å². The van der Waals surface area contributed by atoms with Crippen molar-refractivity contribution < 1.29 is 79.0 Å². The zero-order valence-electron chi connectivity index (χ0n) is 39.3. The molecule has 2 amide bonds. The highest BCUT2D eigenvalue weighted by Crippen LogP contribution is 2.55. The topological polar surface area (TPSA) is 176 Å². The van der Waals surface area contributed by atoms with Gasteiger partial charge in [-0.3, -0.25) is 9.59 Å². The minimum atomic E-state index is -5.40. The Morgan fingerprint density at radius 1 is 0.635 bits per heavy atom. The van der Waals surface area contributed by atoms with Gasteiger partial charge in [0.05, 0.1) is 29.6 Å². The molecule has 8 rings (SSSR count). The summed E-state index contributed by atoms with van der Waals surface area (Å²) in [5.41, 5.74) is -8.95. The summed E-state index contributed by atoms with van der Waals surface area (Å²) in [5.74, 6) is -6.83. The van der Waals surface area contributed by atoms with Gasteiger partial charge in [0.15, 0.2) is 18.8 Å². The first-order valence-electron chi connectivity index (χ1n) is 22.0. The van der Waals surface area contributed by atoms with Gasteiger partial charge < -0.3 is 43.3 Å². The first-order chi connectivity index (χ1) is 34.9. The lowest BCUT2D eigenvalue weighted by molar-refractivity contribution is -0.274. The maximum Gasteiger partial charge on any atom is 0.433 e. The summed E-state index contributed by atoms with van der Waals surface area (Å²) >= 11 is 13.2. The van der Waals surface area contributed by atoms with Crippen LogP contribution in [0.25, 0.3) is 0 Å². The highest BCUT2D eigenvalue weighted by molar-refractivity contribution is 6.32. The van der Waals surface area contributed by atoms with E-state index in [1.54, 1.807) is 0 Å². The molecule has 2 aliphatic rings. The number of halogens is 8. The first kappa shape index (κ1) is 52.7. The number of likely N-dealkylation sites (N-methyl/N-ethyl adjacent to an activating group) is 2. The van der Waals surface area contributed by atoms with Gasteiger partial charge in [-0.25, -0.2) is 19.6 Å². The molecule has 0 aliphatic carbocycles. The second-order valence-electron chi connectivity index (χ2n) is 17.0. The number of alkyl halides is 6. The number of hydrogen-bond donors (Lipinski definition) is 1. The van der Waals surface area contributed by atoms with Gasteiger partial charge in [0, 0.05) is 66.1 Å². The number of rotatable bonds is 13. The Kier molecular flexibility index (Phi) is 14.2. The molecule has 0 radical (unpaired) electrons. The Morgan fingerprint density at radius 2 is 1.09 bits per heavy atom. The lowest BCUT2D eigenvalue weighted by atomic mass is 9.77. The van der Waals surface area contributed by atoms with E-state index in [4.69, 9.17) is 46.9 Å². The predicted octanol–water partition coefficient (Wildman–Crippen LogP) is 10.8. The van der Waals surface area contributed by atoms with Crippen LogP contribution in [0.15, 0.2) is 109 Å². The van der Waals surface area contributed by atoms with Crippen LogP contribution in [0.5, 0.6) is 34.8 Å². The monoisotopic (exact) mass is 1070 g/mol. The predicted molar refractivity (Wildman–Crippen MR) is 253 cm³/mol. The largest absolute Gasteiger partial charge is 0.482 e. The quantitative estimate of drug-likeness (QED) is 0.0855. The van der Waals surface area contributed by atoms with Crippen LogP contribution in [-0.2, 0) is 30.3 Å². The molecule has 0 spiro atoms. The number of hydrogen-bond acceptors (Lipinski definition) is 13. The number of benzene rings is 4. The number of pyridine rings is 2. The molecule has 2 aliphatic heterocycles. The summed E-state index contributed by atoms with van der Waals surface area (Å²) in [7, 11) is 3.90. The first-order valence-corrected chi connectivity index (χ1v) is 22.8. The summed E-state index contributed by atoms with van der Waals surface area (Å²) in [6.45, 7) is 1.56. The molecule has 0 saturated heterocycles. The molecule has 0 fully saturated rings. The number of fused-ring (bicyclic) bond motifs is 2. The number of carbonyl (C=O) groups excluding carboxylic acids is 4. The fraction of sp³-hybridized carbons (Fsp3) is 0.255. The molecule has 4 heterocycles. The van der Waals surface area contributed by atoms with E-state index in [0.717, 1.165) is 72.3 Å². The third-order valence-electron chi connectivity index (χ3n) is 12.8. The molecule has 1 N–H and O–H groups in total. The zero-order valence-corrected chi connectivity index (χ0v) is 40.8. The maximum absolute atomic E-state index is 16.2. The van der Waals surface area contributed by atoms with E-state index in [1.165, 1.54) is 82.0 Å². The second-order valence-corrected chi connectivity index (χ2v) is 17.8. The van der Waals surface area contributed by atoms with E-state index < -0.39 is 75.8 Å². The summed E-state index contributed by atoms with van der Waals surface area (Å²) in [4.78, 5) is 61.1. The second kappa shape index (κ2) is 20.0. The molecule has 74 heavy (non-hydrogen) atoms. The number of carbonyl (C=O) groups is 4. The summed E-state index contributed by atoms with van der Waals surface area (Å²) in [6, 6.07) is 18.9. The molecular formula is C51H40Cl2F6N4O11. The molecule has 23 heteroatoms. The van der Waals surface area contributed by atoms with E-state index >= 15 is 13.2 Å². The Balaban J connectivity index is 1.07. The Bertz CT molecular complexity index is 3180. The van der Waals surface area contributed by atoms with Gasteiger partial charge in [-0.1, -0.05) is 61.3 Å². The highest BCUT2D eigenvalue weighted by atomic mass is 35.5. The highest BCUT2D eigenvalue weighted by Gasteiger charge is 2.64. The van der Waals surface area contributed by atoms with Crippen molar-refractivity contribution in [3.05, 3.63) is 153 Å². The lowest BCUT2D eigenvalue weighted by Gasteiger charge is -2.41. The lowest BCUT2D eigenvalue weighted by Crippen LogP contribution is -2.50. The smallest absolute Gasteiger partial charge is 0.433 e. The number of nitrogens with zero attached hydrogens (tertiary/aromatic N) is 4. The Morgan fingerprint density at radius 3 is 1.53 bits per heavy atom. The van der Waals surface area contributed by atoms with Gasteiger partial charge in [0.1, 0.15) is 23.0 Å². The van der Waals surface area contributed by atoms with Crippen LogP contribution >= 0.6 is 23.2 Å². The maximum atomic E-state index is 16.2. The van der Waals surface area contributed by atoms with Crippen molar-refractivity contribution in [2.45, 2.75) is 49.2 Å². The van der Waals surface area contributed by atoms with Crippen molar-refractivity contribution in [1.29, 1.82) is 0 Å². The molecule has 0 bridgehead atoms. The van der Waals surface area contributed by atoms with Crippen LogP contribution in [-0.4, -0.2) is 85.6 Å². The van der Waals surface area contributed by atoms with Crippen molar-refractivity contribution in [3.8, 4) is 34.8 Å². The minimum Gasteiger partial charge on any atom is -0.482 e. The number of methoxy groups -OCH3 is 1. The van der Waals surface area contributed by atoms with Crippen LogP contribution in [0.3, 0.4) is 0 Å². The molecule has 6 aromatic rings. The van der Waals surface area contributed by atoms with Gasteiger partial charge in [0.25, 0.3) is 11.8 Å². The number of esters is 2. The van der Waals surface area contributed by atoms with E-state index in [0.29, 0.717) is 0 Å². The van der Waals surface area contributed by atoms with E-state index in [1.807, 2.05) is 0 Å². The molecule has 386 valence electrons. The van der Waals surface area contributed by atoms with Crippen LogP contribution in [0, 0.1) is 0 Å². The van der Waals surface area contributed by atoms with Gasteiger partial charge in [-0.2, -0.15) is 26.3 Å². The van der Waals surface area contributed by atoms with Crippen LogP contribution in [0.2, 0.25) is 10.0 Å². The SMILES string of the molecule is COC(=O)c1ccc(Oc2ccc(C(C)C(OC(=O)c3ccc(Oc4ccc(C(C)C(O)(c5ccc6c(c5)N(C)C(=O)CO6)C(F)(F)F)c(Cl)c4)nc3)(c3ccc4c(c3)N(C)C(=O)CO4)C(F)(F)F)c(Cl)c2)nc1. The van der Waals surface area contributed by atoms with Gasteiger partial charge in [-0.15, -0.1) is 0 Å². The number of anilines is 2. The van der Waals surface area contributed by atoms with Crippen molar-refractivity contribution in [2.24, 2.45) is 0 Å². The van der Waals surface area contributed by atoms with Crippen molar-refractivity contribution >= 4 is 58.3 Å². The van der Waals surface area contributed by atoms with E-state index in [-0.39, 0.29) is 86.1 Å².